The van der Waals surface area contributed by atoms with Gasteiger partial charge in [-0.15, -0.1) is 0 Å². The number of allylic oxidation sites excluding steroid dienone is 1. The summed E-state index contributed by atoms with van der Waals surface area (Å²) in [6, 6.07) is 6.47. The fourth-order valence-corrected chi connectivity index (χ4v) is 3.08. The maximum atomic E-state index is 5.64. The first-order chi connectivity index (χ1) is 12.1. The molecule has 1 atom stereocenters. The van der Waals surface area contributed by atoms with Crippen molar-refractivity contribution in [3.63, 3.8) is 0 Å². The molecule has 2 aliphatic heterocycles. The van der Waals surface area contributed by atoms with Gasteiger partial charge in [0.05, 0.1) is 0 Å². The highest BCUT2D eigenvalue weighted by Crippen LogP contribution is 2.35. The van der Waals surface area contributed by atoms with Gasteiger partial charge in [0.15, 0.2) is 11.5 Å². The van der Waals surface area contributed by atoms with Crippen LogP contribution in [0.2, 0.25) is 0 Å². The number of nitrogens with zero attached hydrogens (tertiary/aromatic N) is 4. The van der Waals surface area contributed by atoms with Crippen LogP contribution in [0.15, 0.2) is 40.1 Å². The molecule has 0 radical (unpaired) electrons. The molecule has 1 aromatic carbocycles. The van der Waals surface area contributed by atoms with Gasteiger partial charge in [0.2, 0.25) is 12.8 Å². The first kappa shape index (κ1) is 17.3. The second kappa shape index (κ2) is 7.57. The van der Waals surface area contributed by atoms with Crippen molar-refractivity contribution in [2.24, 2.45) is 15.7 Å². The number of aliphatic imine (C=N–C) groups is 2. The molecule has 3 rings (SSSR count). The summed E-state index contributed by atoms with van der Waals surface area (Å²) >= 11 is 0. The van der Waals surface area contributed by atoms with Gasteiger partial charge in [-0.2, -0.15) is 0 Å². The van der Waals surface area contributed by atoms with E-state index in [1.807, 2.05) is 6.07 Å². The van der Waals surface area contributed by atoms with Gasteiger partial charge in [-0.3, -0.25) is 4.90 Å². The minimum Gasteiger partial charge on any atom is -0.454 e. The van der Waals surface area contributed by atoms with E-state index in [9.17, 15) is 0 Å². The lowest BCUT2D eigenvalue weighted by molar-refractivity contribution is 0.140. The number of hydrogen-bond acceptors (Lipinski definition) is 5. The Morgan fingerprint density at radius 3 is 2.64 bits per heavy atom. The van der Waals surface area contributed by atoms with Crippen LogP contribution in [0.5, 0.6) is 11.5 Å². The lowest BCUT2D eigenvalue weighted by Gasteiger charge is -2.38. The number of benzene rings is 1. The summed E-state index contributed by atoms with van der Waals surface area (Å²) in [4.78, 5) is 12.9. The van der Waals surface area contributed by atoms with Crippen molar-refractivity contribution in [3.05, 3.63) is 35.7 Å². The summed E-state index contributed by atoms with van der Waals surface area (Å²) in [5.41, 5.74) is 7.52. The van der Waals surface area contributed by atoms with Gasteiger partial charge in [0, 0.05) is 44.1 Å². The molecule has 1 fully saturated rings. The smallest absolute Gasteiger partial charge is 0.231 e. The highest BCUT2D eigenvalue weighted by Gasteiger charge is 2.25. The summed E-state index contributed by atoms with van der Waals surface area (Å²) < 4.78 is 10.9. The zero-order valence-electron chi connectivity index (χ0n) is 14.8. The average molecular weight is 343 g/mol. The van der Waals surface area contributed by atoms with E-state index in [-0.39, 0.29) is 0 Å². The molecule has 1 aromatic rings. The second-order valence-electron chi connectivity index (χ2n) is 6.27. The number of hydrogen-bond donors (Lipinski definition) is 1. The van der Waals surface area contributed by atoms with Crippen molar-refractivity contribution in [2.45, 2.75) is 19.9 Å². The fourth-order valence-electron chi connectivity index (χ4n) is 3.08. The molecule has 0 aromatic heterocycles. The summed E-state index contributed by atoms with van der Waals surface area (Å²) in [7, 11) is 0. The van der Waals surface area contributed by atoms with E-state index in [1.54, 1.807) is 13.1 Å². The van der Waals surface area contributed by atoms with Crippen LogP contribution in [-0.2, 0) is 0 Å². The molecular weight excluding hydrogens is 318 g/mol. The molecule has 0 saturated carbocycles. The van der Waals surface area contributed by atoms with Gasteiger partial charge >= 0.3 is 0 Å². The number of rotatable bonds is 3. The molecule has 7 nitrogen and oxygen atoms in total. The minimum atomic E-state index is 0.305. The summed E-state index contributed by atoms with van der Waals surface area (Å²) in [6.07, 6.45) is 1.62. The van der Waals surface area contributed by atoms with Crippen LogP contribution < -0.4 is 15.2 Å². The Balaban J connectivity index is 1.62. The third kappa shape index (κ3) is 3.93. The Labute approximate surface area is 148 Å². The molecule has 0 aliphatic carbocycles. The maximum Gasteiger partial charge on any atom is 0.231 e. The Morgan fingerprint density at radius 1 is 1.24 bits per heavy atom. The summed E-state index contributed by atoms with van der Waals surface area (Å²) in [5.74, 6) is 2.28. The third-order valence-corrected chi connectivity index (χ3v) is 4.55. The number of piperazine rings is 1. The van der Waals surface area contributed by atoms with Crippen molar-refractivity contribution in [1.82, 2.24) is 9.80 Å². The van der Waals surface area contributed by atoms with E-state index >= 15 is 0 Å². The standard InChI is InChI=1S/C18H25N5O2/c1-13(19)11-21-18(20-3)23-8-6-22(7-9-23)14(2)15-4-5-16-17(10-15)25-12-24-16/h4-5,10-11,14H,3,6-9,12,19H2,1-2H3/b13-11+,21-18+. The SMILES string of the molecule is C=N/C(=N\C=C(/C)N)N1CCN(C(C)c2ccc3c(c2)OCO3)CC1. The predicted octanol–water partition coefficient (Wildman–Crippen LogP) is 1.97. The molecule has 2 N–H and O–H groups in total. The van der Waals surface area contributed by atoms with Crippen LogP contribution in [0, 0.1) is 0 Å². The molecule has 134 valence electrons. The summed E-state index contributed by atoms with van der Waals surface area (Å²) in [5, 5.41) is 0. The van der Waals surface area contributed by atoms with Crippen molar-refractivity contribution >= 4 is 12.7 Å². The minimum absolute atomic E-state index is 0.305. The Hall–Kier alpha value is -2.54. The molecule has 2 aliphatic rings. The first-order valence-corrected chi connectivity index (χ1v) is 8.44. The van der Waals surface area contributed by atoms with E-state index in [0.717, 1.165) is 37.7 Å². The van der Waals surface area contributed by atoms with Crippen molar-refractivity contribution in [1.29, 1.82) is 0 Å². The lowest BCUT2D eigenvalue weighted by Crippen LogP contribution is -2.48. The zero-order chi connectivity index (χ0) is 17.8. The van der Waals surface area contributed by atoms with Crippen molar-refractivity contribution in [2.75, 3.05) is 33.0 Å². The van der Waals surface area contributed by atoms with Crippen molar-refractivity contribution in [3.8, 4) is 11.5 Å². The molecular formula is C18H25N5O2. The van der Waals surface area contributed by atoms with Gasteiger partial charge in [0.1, 0.15) is 0 Å². The molecule has 0 amide bonds. The van der Waals surface area contributed by atoms with Crippen LogP contribution in [0.3, 0.4) is 0 Å². The van der Waals surface area contributed by atoms with Gasteiger partial charge in [0.25, 0.3) is 0 Å². The normalized spacial score (nSPS) is 19.8. The van der Waals surface area contributed by atoms with E-state index in [4.69, 9.17) is 15.2 Å². The highest BCUT2D eigenvalue weighted by molar-refractivity contribution is 5.84. The topological polar surface area (TPSA) is 75.7 Å². The van der Waals surface area contributed by atoms with Crippen LogP contribution >= 0.6 is 0 Å². The quantitative estimate of drug-likeness (QED) is 0.671. The molecule has 25 heavy (non-hydrogen) atoms. The van der Waals surface area contributed by atoms with Crippen LogP contribution in [0.25, 0.3) is 0 Å². The molecule has 0 bridgehead atoms. The van der Waals surface area contributed by atoms with E-state index < -0.39 is 0 Å². The molecule has 2 heterocycles. The van der Waals surface area contributed by atoms with Gasteiger partial charge in [-0.1, -0.05) is 6.07 Å². The number of nitrogens with two attached hydrogens (primary N) is 1. The lowest BCUT2D eigenvalue weighted by atomic mass is 10.1. The average Bonchev–Trinajstić information content (AvgIpc) is 3.09. The maximum absolute atomic E-state index is 5.64. The Morgan fingerprint density at radius 2 is 1.96 bits per heavy atom. The molecule has 0 spiro atoms. The first-order valence-electron chi connectivity index (χ1n) is 8.44. The van der Waals surface area contributed by atoms with Crippen LogP contribution in [-0.4, -0.2) is 55.4 Å². The van der Waals surface area contributed by atoms with Gasteiger partial charge < -0.3 is 20.1 Å². The fraction of sp³-hybridized carbons (Fsp3) is 0.444. The van der Waals surface area contributed by atoms with E-state index in [2.05, 4.69) is 45.6 Å². The summed E-state index contributed by atoms with van der Waals surface area (Å²) in [6.45, 7) is 11.5. The van der Waals surface area contributed by atoms with Gasteiger partial charge in [-0.25, -0.2) is 9.98 Å². The molecule has 1 saturated heterocycles. The number of fused-ring (bicyclic) bond motifs is 1. The number of guanidine groups is 1. The van der Waals surface area contributed by atoms with Crippen molar-refractivity contribution < 1.29 is 9.47 Å². The van der Waals surface area contributed by atoms with E-state index in [1.165, 1.54) is 5.56 Å². The largest absolute Gasteiger partial charge is 0.454 e. The third-order valence-electron chi connectivity index (χ3n) is 4.55. The molecule has 7 heteroatoms. The Kier molecular flexibility index (Phi) is 5.23. The second-order valence-corrected chi connectivity index (χ2v) is 6.27. The van der Waals surface area contributed by atoms with Crippen LogP contribution in [0.1, 0.15) is 25.5 Å². The molecule has 1 unspecified atom stereocenters. The zero-order valence-corrected chi connectivity index (χ0v) is 14.8. The predicted molar refractivity (Wildman–Crippen MR) is 99.1 cm³/mol. The van der Waals surface area contributed by atoms with E-state index in [0.29, 0.717) is 24.5 Å². The number of ether oxygens (including phenoxy) is 2. The monoisotopic (exact) mass is 343 g/mol. The highest BCUT2D eigenvalue weighted by atomic mass is 16.7. The Bertz CT molecular complexity index is 689. The van der Waals surface area contributed by atoms with Crippen LogP contribution in [0.4, 0.5) is 0 Å². The van der Waals surface area contributed by atoms with Gasteiger partial charge in [-0.05, 0) is 38.3 Å².